The number of nitrogens with zero attached hydrogens (tertiary/aromatic N) is 3. The van der Waals surface area contributed by atoms with E-state index in [0.29, 0.717) is 6.04 Å². The number of aromatic nitrogens is 2. The van der Waals surface area contributed by atoms with Crippen LogP contribution in [0.15, 0.2) is 12.4 Å². The highest BCUT2D eigenvalue weighted by Crippen LogP contribution is 2.26. The lowest BCUT2D eigenvalue weighted by Gasteiger charge is -2.35. The molecule has 1 aliphatic carbocycles. The number of rotatable bonds is 6. The molecule has 0 amide bonds. The summed E-state index contributed by atoms with van der Waals surface area (Å²) >= 11 is 3.58. The zero-order valence-corrected chi connectivity index (χ0v) is 13.4. The molecule has 1 aromatic rings. The van der Waals surface area contributed by atoms with Gasteiger partial charge in [0, 0.05) is 29.7 Å². The molecule has 0 N–H and O–H groups in total. The first-order valence-corrected chi connectivity index (χ1v) is 8.60. The minimum Gasteiger partial charge on any atom is -0.353 e. The number of hydrogen-bond donors (Lipinski definition) is 0. The van der Waals surface area contributed by atoms with E-state index in [0.717, 1.165) is 30.5 Å². The average Bonchev–Trinajstić information content (AvgIpc) is 2.46. The molecule has 1 saturated carbocycles. The Hall–Kier alpha value is -0.640. The molecule has 1 aromatic heterocycles. The highest BCUT2D eigenvalue weighted by atomic mass is 79.9. The van der Waals surface area contributed by atoms with Crippen LogP contribution in [0.1, 0.15) is 51.1 Å². The Bertz CT molecular complexity index is 377. The minimum atomic E-state index is 0.663. The molecule has 0 saturated heterocycles. The van der Waals surface area contributed by atoms with Gasteiger partial charge >= 0.3 is 0 Å². The molecule has 2 rings (SSSR count). The molecule has 0 bridgehead atoms. The molecule has 1 heterocycles. The van der Waals surface area contributed by atoms with Crippen LogP contribution in [0.5, 0.6) is 0 Å². The first-order valence-electron chi connectivity index (χ1n) is 7.48. The molecule has 4 heteroatoms. The van der Waals surface area contributed by atoms with Gasteiger partial charge in [0.15, 0.2) is 0 Å². The van der Waals surface area contributed by atoms with Gasteiger partial charge in [-0.2, -0.15) is 0 Å². The van der Waals surface area contributed by atoms with Gasteiger partial charge in [0.1, 0.15) is 12.1 Å². The number of halogens is 1. The molecule has 0 unspecified atom stereocenters. The van der Waals surface area contributed by atoms with E-state index in [4.69, 9.17) is 0 Å². The summed E-state index contributed by atoms with van der Waals surface area (Å²) in [5.74, 6) is 1.12. The van der Waals surface area contributed by atoms with E-state index < -0.39 is 0 Å². The van der Waals surface area contributed by atoms with Crippen LogP contribution < -0.4 is 4.90 Å². The summed E-state index contributed by atoms with van der Waals surface area (Å²) < 4.78 is 0. The predicted molar refractivity (Wildman–Crippen MR) is 84.0 cm³/mol. The van der Waals surface area contributed by atoms with Crippen LogP contribution in [0.4, 0.5) is 5.82 Å². The first-order chi connectivity index (χ1) is 9.35. The van der Waals surface area contributed by atoms with Crippen molar-refractivity contribution >= 4 is 21.7 Å². The van der Waals surface area contributed by atoms with Crippen molar-refractivity contribution in [2.45, 2.75) is 57.9 Å². The van der Waals surface area contributed by atoms with E-state index in [-0.39, 0.29) is 0 Å². The Balaban J connectivity index is 2.14. The van der Waals surface area contributed by atoms with Crippen molar-refractivity contribution in [1.82, 2.24) is 9.97 Å². The molecule has 0 spiro atoms. The number of anilines is 1. The molecule has 0 aromatic carbocycles. The maximum atomic E-state index is 4.51. The summed E-state index contributed by atoms with van der Waals surface area (Å²) in [4.78, 5) is 11.4. The van der Waals surface area contributed by atoms with Crippen LogP contribution in [0.25, 0.3) is 0 Å². The quantitative estimate of drug-likeness (QED) is 0.741. The third-order valence-electron chi connectivity index (χ3n) is 3.85. The van der Waals surface area contributed by atoms with Crippen molar-refractivity contribution in [3.63, 3.8) is 0 Å². The lowest BCUT2D eigenvalue weighted by atomic mass is 9.94. The van der Waals surface area contributed by atoms with Crippen molar-refractivity contribution in [2.24, 2.45) is 0 Å². The van der Waals surface area contributed by atoms with E-state index in [1.165, 1.54) is 37.8 Å². The third kappa shape index (κ3) is 4.16. The third-order valence-corrected chi connectivity index (χ3v) is 4.21. The van der Waals surface area contributed by atoms with Gasteiger partial charge in [-0.15, -0.1) is 0 Å². The molecule has 1 aliphatic rings. The van der Waals surface area contributed by atoms with Crippen LogP contribution in [-0.2, 0) is 6.42 Å². The highest BCUT2D eigenvalue weighted by Gasteiger charge is 2.22. The first kappa shape index (κ1) is 14.8. The average molecular weight is 326 g/mol. The van der Waals surface area contributed by atoms with E-state index in [9.17, 15) is 0 Å². The van der Waals surface area contributed by atoms with Gasteiger partial charge < -0.3 is 4.90 Å². The minimum absolute atomic E-state index is 0.663. The molecule has 106 valence electrons. The normalized spacial score (nSPS) is 16.5. The molecule has 19 heavy (non-hydrogen) atoms. The fourth-order valence-corrected chi connectivity index (χ4v) is 3.29. The lowest BCUT2D eigenvalue weighted by Crippen LogP contribution is -2.38. The maximum absolute atomic E-state index is 4.51. The lowest BCUT2D eigenvalue weighted by molar-refractivity contribution is 0.417. The van der Waals surface area contributed by atoms with Gasteiger partial charge in [-0.1, -0.05) is 48.5 Å². The summed E-state index contributed by atoms with van der Waals surface area (Å²) in [7, 11) is 0. The monoisotopic (exact) mass is 325 g/mol. The summed E-state index contributed by atoms with van der Waals surface area (Å²) in [6.07, 6.45) is 10.6. The second-order valence-corrected chi connectivity index (χ2v) is 6.08. The van der Waals surface area contributed by atoms with Crippen molar-refractivity contribution in [3.8, 4) is 0 Å². The van der Waals surface area contributed by atoms with Crippen molar-refractivity contribution < 1.29 is 0 Å². The Labute approximate surface area is 125 Å². The number of aryl methyl sites for hydroxylation is 1. The fourth-order valence-electron chi connectivity index (χ4n) is 2.90. The van der Waals surface area contributed by atoms with Gasteiger partial charge in [0.25, 0.3) is 0 Å². The van der Waals surface area contributed by atoms with E-state index in [1.54, 1.807) is 6.33 Å². The van der Waals surface area contributed by atoms with Crippen LogP contribution in [-0.4, -0.2) is 27.9 Å². The number of alkyl halides is 1. The second kappa shape index (κ2) is 7.83. The smallest absolute Gasteiger partial charge is 0.132 e. The topological polar surface area (TPSA) is 29.0 Å². The van der Waals surface area contributed by atoms with E-state index in [1.807, 2.05) is 0 Å². The second-order valence-electron chi connectivity index (χ2n) is 5.29. The molecule has 0 aliphatic heterocycles. The molecule has 1 fully saturated rings. The Morgan fingerprint density at radius 2 is 2.05 bits per heavy atom. The van der Waals surface area contributed by atoms with Gasteiger partial charge in [0.2, 0.25) is 0 Å². The van der Waals surface area contributed by atoms with Gasteiger partial charge in [0.05, 0.1) is 0 Å². The van der Waals surface area contributed by atoms with Crippen molar-refractivity contribution in [3.05, 3.63) is 18.1 Å². The molecular formula is C15H24BrN3. The molecule has 3 nitrogen and oxygen atoms in total. The Morgan fingerprint density at radius 3 is 2.74 bits per heavy atom. The maximum Gasteiger partial charge on any atom is 0.132 e. The highest BCUT2D eigenvalue weighted by molar-refractivity contribution is 9.09. The molecule has 0 atom stereocenters. The molecular weight excluding hydrogens is 302 g/mol. The summed E-state index contributed by atoms with van der Waals surface area (Å²) in [6, 6.07) is 2.84. The predicted octanol–water partition coefficient (Wildman–Crippen LogP) is 3.96. The Morgan fingerprint density at radius 1 is 1.26 bits per heavy atom. The molecule has 0 radical (unpaired) electrons. The van der Waals surface area contributed by atoms with Crippen molar-refractivity contribution in [1.29, 1.82) is 0 Å². The van der Waals surface area contributed by atoms with E-state index >= 15 is 0 Å². The van der Waals surface area contributed by atoms with Crippen LogP contribution in [0, 0.1) is 0 Å². The van der Waals surface area contributed by atoms with Crippen LogP contribution in [0.3, 0.4) is 0 Å². The largest absolute Gasteiger partial charge is 0.353 e. The fraction of sp³-hybridized carbons (Fsp3) is 0.733. The summed E-state index contributed by atoms with van der Waals surface area (Å²) in [5.41, 5.74) is 1.17. The standard InChI is InChI=1S/C15H24BrN3/c1-2-6-13-11-15(18-12-17-13)19(10-9-16)14-7-4-3-5-8-14/h11-12,14H,2-10H2,1H3. The van der Waals surface area contributed by atoms with Crippen LogP contribution >= 0.6 is 15.9 Å². The van der Waals surface area contributed by atoms with Crippen molar-refractivity contribution in [2.75, 3.05) is 16.8 Å². The van der Waals surface area contributed by atoms with Gasteiger partial charge in [-0.05, 0) is 19.3 Å². The summed E-state index contributed by atoms with van der Waals surface area (Å²) in [5, 5.41) is 0.997. The number of hydrogen-bond acceptors (Lipinski definition) is 3. The van der Waals surface area contributed by atoms with Gasteiger partial charge in [-0.3, -0.25) is 0 Å². The Kier molecular flexibility index (Phi) is 6.08. The zero-order valence-electron chi connectivity index (χ0n) is 11.8. The zero-order chi connectivity index (χ0) is 13.5. The van der Waals surface area contributed by atoms with Crippen LogP contribution in [0.2, 0.25) is 0 Å². The van der Waals surface area contributed by atoms with Gasteiger partial charge in [-0.25, -0.2) is 9.97 Å². The summed E-state index contributed by atoms with van der Waals surface area (Å²) in [6.45, 7) is 3.23. The SMILES string of the molecule is CCCc1cc(N(CCBr)C2CCCCC2)ncn1. The van der Waals surface area contributed by atoms with E-state index in [2.05, 4.69) is 43.8 Å².